The van der Waals surface area contributed by atoms with E-state index in [9.17, 15) is 0 Å². The fourth-order valence-electron chi connectivity index (χ4n) is 1.08. The summed E-state index contributed by atoms with van der Waals surface area (Å²) < 4.78 is 7.32. The lowest BCUT2D eigenvalue weighted by Gasteiger charge is -2.39. The van der Waals surface area contributed by atoms with Gasteiger partial charge in [-0.1, -0.05) is 33.8 Å². The Balaban J connectivity index is 4.57. The molecule has 0 bridgehead atoms. The molecular weight excluding hydrogens is 348 g/mol. The average molecular weight is 372 g/mol. The van der Waals surface area contributed by atoms with Crippen molar-refractivity contribution in [1.29, 1.82) is 0 Å². The number of hydrogen-bond acceptors (Lipinski definition) is 1. The van der Waals surface area contributed by atoms with E-state index in [0.29, 0.717) is 5.92 Å². The summed E-state index contributed by atoms with van der Waals surface area (Å²) in [5.74, 6) is 0.405. The Morgan fingerprint density at radius 1 is 1.19 bits per heavy atom. The van der Waals surface area contributed by atoms with Crippen LogP contribution in [0.5, 0.6) is 0 Å². The molecule has 1 nitrogen and oxygen atoms in total. The molecule has 1 unspecified atom stereocenters. The first-order valence-corrected chi connectivity index (χ1v) is 10.2. The number of halogens is 2. The highest BCUT2D eigenvalue weighted by Crippen LogP contribution is 2.38. The van der Waals surface area contributed by atoms with Crippen LogP contribution in [-0.4, -0.2) is 14.4 Å². The van der Waals surface area contributed by atoms with Crippen LogP contribution in [0.1, 0.15) is 34.6 Å². The molecule has 0 aliphatic heterocycles. The fraction of sp³-hybridized carbons (Fsp3) is 0.833. The summed E-state index contributed by atoms with van der Waals surface area (Å²) in [7, 11) is -1.64. The van der Waals surface area contributed by atoms with Gasteiger partial charge in [-0.3, -0.25) is 0 Å². The van der Waals surface area contributed by atoms with Gasteiger partial charge in [0.25, 0.3) is 0 Å². The summed E-state index contributed by atoms with van der Waals surface area (Å²) in [6.45, 7) is 15.7. The molecule has 0 aromatic heterocycles. The van der Waals surface area contributed by atoms with E-state index < -0.39 is 8.32 Å². The van der Waals surface area contributed by atoms with Crippen molar-refractivity contribution in [3.63, 3.8) is 0 Å². The van der Waals surface area contributed by atoms with E-state index in [1.807, 2.05) is 0 Å². The Morgan fingerprint density at radius 2 is 1.62 bits per heavy atom. The highest BCUT2D eigenvalue weighted by Gasteiger charge is 2.38. The van der Waals surface area contributed by atoms with E-state index in [-0.39, 0.29) is 11.1 Å². The van der Waals surface area contributed by atoms with Gasteiger partial charge in [0.1, 0.15) is 0 Å². The van der Waals surface area contributed by atoms with Crippen molar-refractivity contribution >= 4 is 40.2 Å². The van der Waals surface area contributed by atoms with Crippen LogP contribution in [0, 0.1) is 5.92 Å². The van der Waals surface area contributed by atoms with E-state index in [0.717, 1.165) is 3.39 Å². The standard InChI is InChI=1S/C12H24Br2OSi/c1-9(8-11(13)14)10(2)15-16(6,7)12(3,4)5/h8-10H,1-7H3/t9?,10-/m1/s1. The van der Waals surface area contributed by atoms with Crippen LogP contribution in [0.3, 0.4) is 0 Å². The van der Waals surface area contributed by atoms with Crippen molar-refractivity contribution in [2.45, 2.75) is 58.9 Å². The van der Waals surface area contributed by atoms with Gasteiger partial charge in [0.05, 0.1) is 3.39 Å². The van der Waals surface area contributed by atoms with Gasteiger partial charge >= 0.3 is 0 Å². The van der Waals surface area contributed by atoms with E-state index in [1.54, 1.807) is 0 Å². The van der Waals surface area contributed by atoms with E-state index >= 15 is 0 Å². The molecule has 0 aromatic rings. The number of rotatable bonds is 4. The molecule has 0 aliphatic rings. The first kappa shape index (κ1) is 16.9. The Morgan fingerprint density at radius 3 is 1.94 bits per heavy atom. The summed E-state index contributed by atoms with van der Waals surface area (Å²) in [4.78, 5) is 0. The van der Waals surface area contributed by atoms with Crippen LogP contribution < -0.4 is 0 Å². The zero-order chi connectivity index (χ0) is 13.1. The smallest absolute Gasteiger partial charge is 0.192 e. The summed E-state index contributed by atoms with van der Waals surface area (Å²) in [5, 5.41) is 0.274. The van der Waals surface area contributed by atoms with Crippen molar-refractivity contribution < 1.29 is 4.43 Å². The molecule has 0 saturated carbocycles. The largest absolute Gasteiger partial charge is 0.414 e. The molecule has 0 heterocycles. The van der Waals surface area contributed by atoms with Gasteiger partial charge in [-0.2, -0.15) is 0 Å². The lowest BCUT2D eigenvalue weighted by molar-refractivity contribution is 0.164. The Labute approximate surface area is 118 Å². The zero-order valence-electron chi connectivity index (χ0n) is 11.4. The van der Waals surface area contributed by atoms with Crippen LogP contribution in [0.25, 0.3) is 0 Å². The molecule has 0 amide bonds. The van der Waals surface area contributed by atoms with Crippen LogP contribution in [0.2, 0.25) is 18.1 Å². The van der Waals surface area contributed by atoms with Gasteiger partial charge in [0.15, 0.2) is 8.32 Å². The molecule has 0 aliphatic carbocycles. The maximum Gasteiger partial charge on any atom is 0.192 e. The third kappa shape index (κ3) is 5.47. The highest BCUT2D eigenvalue weighted by molar-refractivity contribution is 9.28. The summed E-state index contributed by atoms with van der Waals surface area (Å²) in [6, 6.07) is 0. The SMILES string of the molecule is CC(C=C(Br)Br)[C@@H](C)O[Si](C)(C)C(C)(C)C. The zero-order valence-corrected chi connectivity index (χ0v) is 15.6. The predicted octanol–water partition coefficient (Wildman–Crippen LogP) is 5.66. The van der Waals surface area contributed by atoms with Crippen LogP contribution in [0.4, 0.5) is 0 Å². The highest BCUT2D eigenvalue weighted by atomic mass is 79.9. The second-order valence-electron chi connectivity index (χ2n) is 5.90. The first-order chi connectivity index (χ1) is 6.97. The Bertz CT molecular complexity index is 252. The van der Waals surface area contributed by atoms with Gasteiger partial charge in [0.2, 0.25) is 0 Å². The molecule has 0 spiro atoms. The first-order valence-electron chi connectivity index (χ1n) is 5.68. The van der Waals surface area contributed by atoms with E-state index in [1.165, 1.54) is 0 Å². The maximum absolute atomic E-state index is 6.32. The van der Waals surface area contributed by atoms with Crippen LogP contribution in [-0.2, 0) is 4.43 Å². The predicted molar refractivity (Wildman–Crippen MR) is 82.8 cm³/mol. The van der Waals surface area contributed by atoms with Crippen molar-refractivity contribution in [2.75, 3.05) is 0 Å². The van der Waals surface area contributed by atoms with E-state index in [2.05, 4.69) is 85.6 Å². The molecule has 2 atom stereocenters. The maximum atomic E-state index is 6.32. The fourth-order valence-corrected chi connectivity index (χ4v) is 3.41. The minimum Gasteiger partial charge on any atom is -0.414 e. The molecule has 96 valence electrons. The molecule has 0 fully saturated rings. The lowest BCUT2D eigenvalue weighted by Crippen LogP contribution is -2.44. The van der Waals surface area contributed by atoms with Gasteiger partial charge in [-0.15, -0.1) is 0 Å². The summed E-state index contributed by atoms with van der Waals surface area (Å²) >= 11 is 6.79. The van der Waals surface area contributed by atoms with E-state index in [4.69, 9.17) is 4.43 Å². The normalized spacial score (nSPS) is 16.8. The minimum atomic E-state index is -1.64. The number of hydrogen-bond donors (Lipinski definition) is 0. The molecule has 16 heavy (non-hydrogen) atoms. The Hall–Kier alpha value is 0.877. The quantitative estimate of drug-likeness (QED) is 0.579. The Kier molecular flexibility index (Phi) is 6.50. The van der Waals surface area contributed by atoms with Gasteiger partial charge in [-0.25, -0.2) is 0 Å². The van der Waals surface area contributed by atoms with Crippen molar-refractivity contribution in [3.05, 3.63) is 9.47 Å². The molecule has 0 radical (unpaired) electrons. The van der Waals surface area contributed by atoms with Crippen molar-refractivity contribution in [2.24, 2.45) is 5.92 Å². The molecule has 4 heteroatoms. The second-order valence-corrected chi connectivity index (χ2v) is 13.4. The molecule has 0 rings (SSSR count). The van der Waals surface area contributed by atoms with Gasteiger partial charge < -0.3 is 4.43 Å². The van der Waals surface area contributed by atoms with Crippen molar-refractivity contribution in [3.8, 4) is 0 Å². The molecule has 0 aromatic carbocycles. The third-order valence-corrected chi connectivity index (χ3v) is 8.52. The summed E-state index contributed by atoms with van der Waals surface area (Å²) in [5.41, 5.74) is 0. The lowest BCUT2D eigenvalue weighted by atomic mass is 10.1. The topological polar surface area (TPSA) is 9.23 Å². The second kappa shape index (κ2) is 6.16. The van der Waals surface area contributed by atoms with Gasteiger partial charge in [0, 0.05) is 12.0 Å². The average Bonchev–Trinajstić information content (AvgIpc) is 1.99. The third-order valence-electron chi connectivity index (χ3n) is 3.42. The molecule has 0 saturated heterocycles. The summed E-state index contributed by atoms with van der Waals surface area (Å²) in [6.07, 6.45) is 2.39. The van der Waals surface area contributed by atoms with Crippen LogP contribution >= 0.6 is 31.9 Å². The minimum absolute atomic E-state index is 0.256. The van der Waals surface area contributed by atoms with Gasteiger partial charge in [-0.05, 0) is 56.9 Å². The molecule has 0 N–H and O–H groups in total. The van der Waals surface area contributed by atoms with Crippen molar-refractivity contribution in [1.82, 2.24) is 0 Å². The molecular formula is C12H24Br2OSi. The van der Waals surface area contributed by atoms with Crippen LogP contribution in [0.15, 0.2) is 9.47 Å². The monoisotopic (exact) mass is 370 g/mol.